The highest BCUT2D eigenvalue weighted by molar-refractivity contribution is 5.71. The molecule has 4 heterocycles. The first-order chi connectivity index (χ1) is 34.9. The van der Waals surface area contributed by atoms with Gasteiger partial charge >= 0.3 is 11.9 Å². The van der Waals surface area contributed by atoms with Crippen molar-refractivity contribution in [1.29, 1.82) is 0 Å². The van der Waals surface area contributed by atoms with Crippen molar-refractivity contribution in [2.45, 2.75) is 227 Å². The first-order valence-electron chi connectivity index (χ1n) is 25.9. The second-order valence-corrected chi connectivity index (χ2v) is 20.5. The molecule has 0 aliphatic carbocycles. The van der Waals surface area contributed by atoms with Crippen LogP contribution >= 0.6 is 0 Å². The van der Waals surface area contributed by atoms with Gasteiger partial charge < -0.3 is 95.4 Å². The van der Waals surface area contributed by atoms with E-state index in [1.165, 1.54) is 13.0 Å². The first-order valence-corrected chi connectivity index (χ1v) is 25.9. The Morgan fingerprint density at radius 3 is 1.89 bits per heavy atom. The second kappa shape index (κ2) is 30.6. The van der Waals surface area contributed by atoms with E-state index in [-0.39, 0.29) is 44.4 Å². The maximum Gasteiger partial charge on any atom is 0.311 e. The Kier molecular flexibility index (Phi) is 26.1. The molecule has 15 unspecified atom stereocenters. The SMILES string of the molecule is CC1/C=C/C=C/CC\C=C/C=C/C=C/C=C/C(O[C@@H]2OC(C)[C@@H](O)[C@H](N)[C@@H]2O)CC2OC(O)(CC(O)C(O)CCC(O)CC(O)CC(O)CC(=O)OC(C)C(C)C1O[C@H]1C[C@@H](O)[C@@H](O)[C@@H](C)O1)CC(O)C2C(=O)O. The number of nitrogens with two attached hydrogens (primary N) is 1. The van der Waals surface area contributed by atoms with E-state index in [9.17, 15) is 70.9 Å². The van der Waals surface area contributed by atoms with Gasteiger partial charge in [0.15, 0.2) is 18.4 Å². The van der Waals surface area contributed by atoms with Gasteiger partial charge in [-0.3, -0.25) is 9.59 Å². The highest BCUT2D eigenvalue weighted by atomic mass is 16.7. The monoisotopic (exact) mass is 1060 g/mol. The van der Waals surface area contributed by atoms with Crippen molar-refractivity contribution < 1.29 is 99.3 Å². The minimum Gasteiger partial charge on any atom is -0.481 e. The smallest absolute Gasteiger partial charge is 0.311 e. The summed E-state index contributed by atoms with van der Waals surface area (Å²) in [7, 11) is 0. The van der Waals surface area contributed by atoms with Crippen LogP contribution in [0, 0.1) is 17.8 Å². The van der Waals surface area contributed by atoms with Crippen molar-refractivity contribution in [2.24, 2.45) is 23.5 Å². The number of aliphatic carboxylic acids is 1. The van der Waals surface area contributed by atoms with Crippen molar-refractivity contribution in [2.75, 3.05) is 0 Å². The first kappa shape index (κ1) is 63.2. The molecule has 0 aromatic carbocycles. The number of aliphatic hydroxyl groups excluding tert-OH is 10. The van der Waals surface area contributed by atoms with Crippen LogP contribution in [0.5, 0.6) is 0 Å². The maximum atomic E-state index is 13.1. The highest BCUT2D eigenvalue weighted by Crippen LogP contribution is 2.38. The number of hydrogen-bond acceptors (Lipinski definition) is 20. The third-order valence-electron chi connectivity index (χ3n) is 14.2. The predicted molar refractivity (Wildman–Crippen MR) is 267 cm³/mol. The lowest BCUT2D eigenvalue weighted by Crippen LogP contribution is -2.61. The molecule has 0 radical (unpaired) electrons. The molecule has 0 spiro atoms. The molecule has 2 bridgehead atoms. The molecule has 422 valence electrons. The summed E-state index contributed by atoms with van der Waals surface area (Å²) in [5.74, 6) is -6.88. The molecule has 3 fully saturated rings. The van der Waals surface area contributed by atoms with Crippen molar-refractivity contribution in [3.05, 3.63) is 72.9 Å². The summed E-state index contributed by atoms with van der Waals surface area (Å²) in [6, 6.07) is -1.16. The molecule has 21 heteroatoms. The van der Waals surface area contributed by atoms with Crippen LogP contribution in [0.2, 0.25) is 0 Å². The summed E-state index contributed by atoms with van der Waals surface area (Å²) < 4.78 is 35.8. The normalized spacial score (nSPS) is 46.5. The lowest BCUT2D eigenvalue weighted by Gasteiger charge is -2.45. The number of allylic oxidation sites excluding steroid dienone is 10. The van der Waals surface area contributed by atoms with E-state index in [4.69, 9.17) is 34.2 Å². The van der Waals surface area contributed by atoms with E-state index in [1.54, 1.807) is 38.2 Å². The molecule has 0 saturated carbocycles. The van der Waals surface area contributed by atoms with E-state index in [0.29, 0.717) is 0 Å². The molecular weight excluding hydrogens is 971 g/mol. The van der Waals surface area contributed by atoms with Crippen molar-refractivity contribution in [3.63, 3.8) is 0 Å². The van der Waals surface area contributed by atoms with Gasteiger partial charge in [-0.2, -0.15) is 0 Å². The zero-order chi connectivity index (χ0) is 54.9. The number of hydrogen-bond donors (Lipinski definition) is 13. The zero-order valence-corrected chi connectivity index (χ0v) is 43.1. The van der Waals surface area contributed by atoms with Crippen LogP contribution in [0.15, 0.2) is 72.9 Å². The third-order valence-corrected chi connectivity index (χ3v) is 14.2. The average Bonchev–Trinajstić information content (AvgIpc) is 3.31. The molecule has 14 N–H and O–H groups in total. The molecule has 0 aromatic heterocycles. The van der Waals surface area contributed by atoms with E-state index < -0.39 is 165 Å². The standard InChI is InChI=1S/C53H85NO20/c1-29-18-16-14-12-10-8-6-7-9-11-13-15-17-19-37(72-52-49(65)46(54)48(64)33(5)71-52)25-42-45(51(66)67)41(61)28-53(68,74-42)27-40(60)38(58)21-20-34(55)22-35(56)23-36(57)24-43(62)69-31(3)30(2)50(29)73-44-26-39(59)47(63)32(4)70-44/h6-7,9,11-19,29-42,44-50,52,55-61,63-65,68H,8,10,20-28,54H2,1-5H3,(H,66,67)/b7-6-,11-9+,14-12+,15-13+,18-16+,19-17+/t29?,30?,31?,32-,33?,34?,35?,36?,37?,38?,39-,40?,41?,42?,44+,45?,46+,47+,48-,49+,50?,52+,53?/m1/s1. The number of carbonyl (C=O) groups excluding carboxylic acids is 1. The number of fused-ring (bicyclic) bond motifs is 2. The molecule has 23 atom stereocenters. The summed E-state index contributed by atoms with van der Waals surface area (Å²) >= 11 is 0. The molecule has 4 aliphatic heterocycles. The largest absolute Gasteiger partial charge is 0.481 e. The van der Waals surface area contributed by atoms with Gasteiger partial charge in [-0.25, -0.2) is 0 Å². The van der Waals surface area contributed by atoms with Crippen molar-refractivity contribution in [1.82, 2.24) is 0 Å². The Bertz CT molecular complexity index is 1870. The minimum atomic E-state index is -2.37. The number of carboxylic acid groups (broad SMARTS) is 1. The van der Waals surface area contributed by atoms with Gasteiger partial charge in [-0.1, -0.05) is 86.8 Å². The number of rotatable bonds is 5. The van der Waals surface area contributed by atoms with Gasteiger partial charge in [0.25, 0.3) is 0 Å². The van der Waals surface area contributed by atoms with Crippen molar-refractivity contribution in [3.8, 4) is 0 Å². The summed E-state index contributed by atoms with van der Waals surface area (Å²) in [5, 5.41) is 129. The lowest BCUT2D eigenvalue weighted by molar-refractivity contribution is -0.310. The van der Waals surface area contributed by atoms with Gasteiger partial charge in [0.05, 0.1) is 91.8 Å². The summed E-state index contributed by atoms with van der Waals surface area (Å²) in [4.78, 5) is 25.6. The van der Waals surface area contributed by atoms with Crippen LogP contribution in [-0.4, -0.2) is 195 Å². The van der Waals surface area contributed by atoms with Gasteiger partial charge in [0.2, 0.25) is 0 Å². The van der Waals surface area contributed by atoms with Crippen LogP contribution < -0.4 is 5.73 Å². The number of carboxylic acids is 1. The fourth-order valence-electron chi connectivity index (χ4n) is 9.63. The molecule has 21 nitrogen and oxygen atoms in total. The minimum absolute atomic E-state index is 0.0208. The molecule has 3 saturated heterocycles. The van der Waals surface area contributed by atoms with Gasteiger partial charge in [0, 0.05) is 37.5 Å². The Hall–Kier alpha value is -3.30. The fourth-order valence-corrected chi connectivity index (χ4v) is 9.63. The van der Waals surface area contributed by atoms with E-state index >= 15 is 0 Å². The number of cyclic esters (lactones) is 1. The number of ether oxygens (including phenoxy) is 6. The summed E-state index contributed by atoms with van der Waals surface area (Å²) in [6.45, 7) is 8.61. The molecule has 0 aromatic rings. The Morgan fingerprint density at radius 2 is 1.23 bits per heavy atom. The van der Waals surface area contributed by atoms with Crippen molar-refractivity contribution >= 4 is 11.9 Å². The molecule has 74 heavy (non-hydrogen) atoms. The summed E-state index contributed by atoms with van der Waals surface area (Å²) in [5.41, 5.74) is 6.04. The number of esters is 1. The Morgan fingerprint density at radius 1 is 0.635 bits per heavy atom. The zero-order valence-electron chi connectivity index (χ0n) is 43.1. The molecule has 4 rings (SSSR count). The average molecular weight is 1060 g/mol. The van der Waals surface area contributed by atoms with Crippen LogP contribution in [0.25, 0.3) is 0 Å². The Balaban J connectivity index is 1.55. The molecule has 4 aliphatic rings. The van der Waals surface area contributed by atoms with Gasteiger partial charge in [-0.05, 0) is 59.3 Å². The van der Waals surface area contributed by atoms with Gasteiger partial charge in [-0.15, -0.1) is 0 Å². The van der Waals surface area contributed by atoms with E-state index in [1.807, 2.05) is 56.4 Å². The van der Waals surface area contributed by atoms with Crippen LogP contribution in [0.4, 0.5) is 0 Å². The number of aliphatic hydroxyl groups is 11. The third kappa shape index (κ3) is 19.9. The quantitative estimate of drug-likeness (QED) is 0.170. The van der Waals surface area contributed by atoms with Crippen LogP contribution in [0.1, 0.15) is 105 Å². The second-order valence-electron chi connectivity index (χ2n) is 20.5. The Labute approximate surface area is 433 Å². The molecule has 0 amide bonds. The maximum absolute atomic E-state index is 13.1. The molecular formula is C53H85NO20. The lowest BCUT2D eigenvalue weighted by atomic mass is 9.82. The number of carbonyl (C=O) groups is 2. The summed E-state index contributed by atoms with van der Waals surface area (Å²) in [6.07, 6.45) is -1.63. The van der Waals surface area contributed by atoms with Crippen LogP contribution in [-0.2, 0) is 38.0 Å². The van der Waals surface area contributed by atoms with E-state index in [2.05, 4.69) is 0 Å². The highest BCUT2D eigenvalue weighted by Gasteiger charge is 2.51. The van der Waals surface area contributed by atoms with E-state index in [0.717, 1.165) is 12.8 Å². The van der Waals surface area contributed by atoms with Gasteiger partial charge in [0.1, 0.15) is 24.2 Å². The topological polar surface area (TPSA) is 358 Å². The fraction of sp³-hybridized carbons (Fsp3) is 0.736. The predicted octanol–water partition coefficient (Wildman–Crippen LogP) is 0.817. The van der Waals surface area contributed by atoms with Crippen LogP contribution in [0.3, 0.4) is 0 Å².